The number of aryl methyl sites for hydroxylation is 1. The van der Waals surface area contributed by atoms with Gasteiger partial charge in [0.1, 0.15) is 0 Å². The highest BCUT2D eigenvalue weighted by molar-refractivity contribution is 7.89. The Balaban J connectivity index is 3.05. The highest BCUT2D eigenvalue weighted by Gasteiger charge is 2.11. The van der Waals surface area contributed by atoms with Crippen LogP contribution in [0.1, 0.15) is 18.9 Å². The second-order valence-electron chi connectivity index (χ2n) is 3.43. The van der Waals surface area contributed by atoms with E-state index < -0.39 is 10.0 Å². The zero-order valence-electron chi connectivity index (χ0n) is 9.15. The van der Waals surface area contributed by atoms with Crippen molar-refractivity contribution in [3.8, 4) is 0 Å². The van der Waals surface area contributed by atoms with Gasteiger partial charge in [0.15, 0.2) is 0 Å². The van der Waals surface area contributed by atoms with Crippen molar-refractivity contribution in [2.75, 3.05) is 5.32 Å². The topological polar surface area (TPSA) is 89.3 Å². The lowest BCUT2D eigenvalue weighted by atomic mass is 10.2. The molecule has 1 rings (SSSR count). The predicted octanol–water partition coefficient (Wildman–Crippen LogP) is 0.991. The van der Waals surface area contributed by atoms with E-state index in [9.17, 15) is 13.2 Å². The molecule has 1 aromatic carbocycles. The number of carbonyl (C=O) groups is 1. The van der Waals surface area contributed by atoms with Crippen LogP contribution in [0.2, 0.25) is 0 Å². The van der Waals surface area contributed by atoms with Crippen LogP contribution in [0, 0.1) is 6.92 Å². The van der Waals surface area contributed by atoms with Crippen LogP contribution < -0.4 is 10.5 Å². The molecule has 1 amide bonds. The van der Waals surface area contributed by atoms with Gasteiger partial charge in [0.25, 0.3) is 0 Å². The highest BCUT2D eigenvalue weighted by Crippen LogP contribution is 2.18. The van der Waals surface area contributed by atoms with Gasteiger partial charge in [0.05, 0.1) is 4.90 Å². The number of hydrogen-bond donors (Lipinski definition) is 2. The summed E-state index contributed by atoms with van der Waals surface area (Å²) in [5.41, 5.74) is 1.08. The molecule has 0 aliphatic carbocycles. The van der Waals surface area contributed by atoms with E-state index in [-0.39, 0.29) is 10.8 Å². The molecule has 5 nitrogen and oxygen atoms in total. The average molecular weight is 242 g/mol. The molecule has 0 radical (unpaired) electrons. The van der Waals surface area contributed by atoms with Crippen molar-refractivity contribution in [3.63, 3.8) is 0 Å². The maximum Gasteiger partial charge on any atom is 0.238 e. The Morgan fingerprint density at radius 3 is 2.50 bits per heavy atom. The van der Waals surface area contributed by atoms with E-state index >= 15 is 0 Å². The Morgan fingerprint density at radius 1 is 1.44 bits per heavy atom. The molecule has 0 aliphatic rings. The lowest BCUT2D eigenvalue weighted by molar-refractivity contribution is -0.115. The summed E-state index contributed by atoms with van der Waals surface area (Å²) in [4.78, 5) is 11.2. The predicted molar refractivity (Wildman–Crippen MR) is 61.5 cm³/mol. The van der Waals surface area contributed by atoms with Gasteiger partial charge in [-0.15, -0.1) is 0 Å². The molecule has 0 saturated carbocycles. The van der Waals surface area contributed by atoms with Crippen LogP contribution in [0.3, 0.4) is 0 Å². The lowest BCUT2D eigenvalue weighted by Crippen LogP contribution is -2.14. The van der Waals surface area contributed by atoms with E-state index in [1.807, 2.05) is 0 Å². The Bertz CT molecular complexity index is 509. The van der Waals surface area contributed by atoms with E-state index in [0.29, 0.717) is 17.7 Å². The van der Waals surface area contributed by atoms with Crippen LogP contribution in [-0.2, 0) is 14.8 Å². The molecule has 0 unspecified atom stereocenters. The molecular formula is C10H14N2O3S. The zero-order chi connectivity index (χ0) is 12.3. The van der Waals surface area contributed by atoms with Crippen molar-refractivity contribution in [3.05, 3.63) is 23.8 Å². The summed E-state index contributed by atoms with van der Waals surface area (Å²) in [6, 6.07) is 4.48. The zero-order valence-corrected chi connectivity index (χ0v) is 9.97. The van der Waals surface area contributed by atoms with Gasteiger partial charge >= 0.3 is 0 Å². The van der Waals surface area contributed by atoms with E-state index in [0.717, 1.165) is 0 Å². The van der Waals surface area contributed by atoms with Crippen molar-refractivity contribution >= 4 is 21.6 Å². The van der Waals surface area contributed by atoms with Crippen LogP contribution in [0.4, 0.5) is 5.69 Å². The molecule has 0 bridgehead atoms. The van der Waals surface area contributed by atoms with Gasteiger partial charge in [-0.2, -0.15) is 0 Å². The SMILES string of the molecule is CCC(=O)Nc1ccc(S(N)(=O)=O)c(C)c1. The first-order chi connectivity index (χ1) is 7.34. The summed E-state index contributed by atoms with van der Waals surface area (Å²) in [7, 11) is -3.70. The molecule has 6 heteroatoms. The number of benzene rings is 1. The van der Waals surface area contributed by atoms with Crippen molar-refractivity contribution in [2.24, 2.45) is 5.14 Å². The third-order valence-corrected chi connectivity index (χ3v) is 3.16. The maximum atomic E-state index is 11.1. The Labute approximate surface area is 94.7 Å². The quantitative estimate of drug-likeness (QED) is 0.828. The Kier molecular flexibility index (Phi) is 3.66. The monoisotopic (exact) mass is 242 g/mol. The standard InChI is InChI=1S/C10H14N2O3S/c1-3-10(13)12-8-4-5-9(7(2)6-8)16(11,14)15/h4-6H,3H2,1-2H3,(H,12,13)(H2,11,14,15). The van der Waals surface area contributed by atoms with Crippen LogP contribution in [0.5, 0.6) is 0 Å². The first kappa shape index (κ1) is 12.7. The van der Waals surface area contributed by atoms with Gasteiger partial charge in [0.2, 0.25) is 15.9 Å². The number of carbonyl (C=O) groups excluding carboxylic acids is 1. The van der Waals surface area contributed by atoms with Crippen LogP contribution in [0.25, 0.3) is 0 Å². The van der Waals surface area contributed by atoms with E-state index in [1.54, 1.807) is 19.9 Å². The fraction of sp³-hybridized carbons (Fsp3) is 0.300. The van der Waals surface area contributed by atoms with Gasteiger partial charge < -0.3 is 5.32 Å². The van der Waals surface area contributed by atoms with Gasteiger partial charge in [-0.25, -0.2) is 13.6 Å². The molecule has 0 fully saturated rings. The number of sulfonamides is 1. The third kappa shape index (κ3) is 3.04. The highest BCUT2D eigenvalue weighted by atomic mass is 32.2. The summed E-state index contributed by atoms with van der Waals surface area (Å²) < 4.78 is 22.3. The molecule has 3 N–H and O–H groups in total. The number of primary sulfonamides is 1. The molecule has 16 heavy (non-hydrogen) atoms. The summed E-state index contributed by atoms with van der Waals surface area (Å²) in [6.07, 6.45) is 0.371. The van der Waals surface area contributed by atoms with Crippen LogP contribution >= 0.6 is 0 Å². The number of anilines is 1. The first-order valence-corrected chi connectivity index (χ1v) is 6.32. The summed E-state index contributed by atoms with van der Waals surface area (Å²) >= 11 is 0. The van der Waals surface area contributed by atoms with Gasteiger partial charge in [-0.1, -0.05) is 6.92 Å². The third-order valence-electron chi connectivity index (χ3n) is 2.09. The van der Waals surface area contributed by atoms with Gasteiger partial charge in [0, 0.05) is 12.1 Å². The molecule has 88 valence electrons. The minimum absolute atomic E-state index is 0.0713. The largest absolute Gasteiger partial charge is 0.326 e. The molecule has 0 aromatic heterocycles. The Hall–Kier alpha value is -1.40. The summed E-state index contributed by atoms with van der Waals surface area (Å²) in [5.74, 6) is -0.122. The second-order valence-corrected chi connectivity index (χ2v) is 4.96. The van der Waals surface area contributed by atoms with Crippen molar-refractivity contribution < 1.29 is 13.2 Å². The molecule has 0 heterocycles. The molecule has 1 aromatic rings. The number of hydrogen-bond acceptors (Lipinski definition) is 3. The molecule has 0 atom stereocenters. The minimum Gasteiger partial charge on any atom is -0.326 e. The first-order valence-electron chi connectivity index (χ1n) is 4.78. The molecule has 0 spiro atoms. The maximum absolute atomic E-state index is 11.1. The smallest absolute Gasteiger partial charge is 0.238 e. The minimum atomic E-state index is -3.70. The van der Waals surface area contributed by atoms with Crippen LogP contribution in [0.15, 0.2) is 23.1 Å². The number of nitrogens with two attached hydrogens (primary N) is 1. The second kappa shape index (κ2) is 4.63. The number of nitrogens with one attached hydrogen (secondary N) is 1. The summed E-state index contributed by atoms with van der Waals surface area (Å²) in [6.45, 7) is 3.36. The van der Waals surface area contributed by atoms with Gasteiger partial charge in [-0.05, 0) is 30.7 Å². The number of amides is 1. The van der Waals surface area contributed by atoms with Crippen molar-refractivity contribution in [2.45, 2.75) is 25.2 Å². The van der Waals surface area contributed by atoms with Gasteiger partial charge in [-0.3, -0.25) is 4.79 Å². The molecule has 0 aliphatic heterocycles. The van der Waals surface area contributed by atoms with E-state index in [2.05, 4.69) is 5.32 Å². The average Bonchev–Trinajstić information content (AvgIpc) is 2.15. The van der Waals surface area contributed by atoms with E-state index in [4.69, 9.17) is 5.14 Å². The summed E-state index contributed by atoms with van der Waals surface area (Å²) in [5, 5.41) is 7.66. The fourth-order valence-corrected chi connectivity index (χ4v) is 2.06. The Morgan fingerprint density at radius 2 is 2.06 bits per heavy atom. The molecule has 0 saturated heterocycles. The normalized spacial score (nSPS) is 11.2. The lowest BCUT2D eigenvalue weighted by Gasteiger charge is -2.07. The van der Waals surface area contributed by atoms with E-state index in [1.165, 1.54) is 12.1 Å². The number of rotatable bonds is 3. The van der Waals surface area contributed by atoms with Crippen LogP contribution in [-0.4, -0.2) is 14.3 Å². The van der Waals surface area contributed by atoms with Crippen molar-refractivity contribution in [1.82, 2.24) is 0 Å². The van der Waals surface area contributed by atoms with Crippen molar-refractivity contribution in [1.29, 1.82) is 0 Å². The fourth-order valence-electron chi connectivity index (χ4n) is 1.30. The molecular weight excluding hydrogens is 228 g/mol.